The Morgan fingerprint density at radius 2 is 1.64 bits per heavy atom. The summed E-state index contributed by atoms with van der Waals surface area (Å²) in [5.74, 6) is -0.361. The predicted octanol–water partition coefficient (Wildman–Crippen LogP) is 5.22. The van der Waals surface area contributed by atoms with Gasteiger partial charge in [-0.2, -0.15) is 13.2 Å². The summed E-state index contributed by atoms with van der Waals surface area (Å²) in [5, 5.41) is 7.47. The van der Waals surface area contributed by atoms with Gasteiger partial charge in [-0.05, 0) is 48.7 Å². The van der Waals surface area contributed by atoms with Crippen molar-refractivity contribution in [2.24, 2.45) is 0 Å². The van der Waals surface area contributed by atoms with Gasteiger partial charge in [0.05, 0.1) is 16.8 Å². The quantitative estimate of drug-likeness (QED) is 0.652. The van der Waals surface area contributed by atoms with Gasteiger partial charge in [0.25, 0.3) is 5.91 Å². The number of carbonyl (C=O) groups is 2. The molecule has 2 rings (SSSR count). The Kier molecular flexibility index (Phi) is 6.66. The van der Waals surface area contributed by atoms with Crippen LogP contribution in [0.3, 0.4) is 0 Å². The van der Waals surface area contributed by atoms with E-state index in [0.29, 0.717) is 11.6 Å². The number of anilines is 2. The minimum atomic E-state index is -4.60. The van der Waals surface area contributed by atoms with Crippen LogP contribution in [0.15, 0.2) is 42.5 Å². The molecule has 0 heterocycles. The van der Waals surface area contributed by atoms with Crippen molar-refractivity contribution in [3.8, 4) is 0 Å². The lowest BCUT2D eigenvalue weighted by atomic mass is 10.0. The predicted molar refractivity (Wildman–Crippen MR) is 103 cm³/mol. The standard InChI is InChI=1S/C20H22F3N3O2/c1-4-24-18(27)16-11-14(20(21,22)23)7-10-17(16)26-19(28)25-15-8-5-13(6-9-15)12(2)3/h5-12H,4H2,1-3H3,(H,24,27)(H2,25,26,28). The first-order chi connectivity index (χ1) is 13.1. The summed E-state index contributed by atoms with van der Waals surface area (Å²) < 4.78 is 38.9. The molecule has 150 valence electrons. The molecule has 5 nitrogen and oxygen atoms in total. The molecule has 0 atom stereocenters. The number of alkyl halides is 3. The summed E-state index contributed by atoms with van der Waals surface area (Å²) in [4.78, 5) is 24.4. The molecule has 0 saturated heterocycles. The van der Waals surface area contributed by atoms with Crippen LogP contribution in [0, 0.1) is 0 Å². The van der Waals surface area contributed by atoms with E-state index in [1.165, 1.54) is 0 Å². The van der Waals surface area contributed by atoms with Crippen molar-refractivity contribution in [3.63, 3.8) is 0 Å². The lowest BCUT2D eigenvalue weighted by molar-refractivity contribution is -0.137. The Hall–Kier alpha value is -3.03. The Morgan fingerprint density at radius 1 is 1.00 bits per heavy atom. The van der Waals surface area contributed by atoms with Gasteiger partial charge in [-0.1, -0.05) is 26.0 Å². The fraction of sp³-hybridized carbons (Fsp3) is 0.300. The first kappa shape index (κ1) is 21.3. The summed E-state index contributed by atoms with van der Waals surface area (Å²) in [6.07, 6.45) is -4.60. The van der Waals surface area contributed by atoms with Gasteiger partial charge in [0.15, 0.2) is 0 Å². The second kappa shape index (κ2) is 8.77. The molecule has 3 N–H and O–H groups in total. The zero-order valence-electron chi connectivity index (χ0n) is 15.8. The van der Waals surface area contributed by atoms with Crippen molar-refractivity contribution in [3.05, 3.63) is 59.2 Å². The second-order valence-corrected chi connectivity index (χ2v) is 6.47. The van der Waals surface area contributed by atoms with Crippen LogP contribution in [-0.4, -0.2) is 18.5 Å². The normalized spacial score (nSPS) is 11.2. The van der Waals surface area contributed by atoms with Crippen molar-refractivity contribution < 1.29 is 22.8 Å². The monoisotopic (exact) mass is 393 g/mol. The van der Waals surface area contributed by atoms with Gasteiger partial charge in [0.1, 0.15) is 0 Å². The lowest BCUT2D eigenvalue weighted by Crippen LogP contribution is -2.26. The van der Waals surface area contributed by atoms with E-state index in [4.69, 9.17) is 0 Å². The molecular formula is C20H22F3N3O2. The molecule has 0 saturated carbocycles. The van der Waals surface area contributed by atoms with Crippen molar-refractivity contribution >= 4 is 23.3 Å². The number of amides is 3. The molecule has 0 aliphatic rings. The van der Waals surface area contributed by atoms with Crippen LogP contribution in [0.25, 0.3) is 0 Å². The summed E-state index contributed by atoms with van der Waals surface area (Å²) in [6.45, 7) is 5.97. The number of hydrogen-bond donors (Lipinski definition) is 3. The van der Waals surface area contributed by atoms with E-state index in [-0.39, 0.29) is 17.8 Å². The van der Waals surface area contributed by atoms with Crippen LogP contribution in [-0.2, 0) is 6.18 Å². The third-order valence-electron chi connectivity index (χ3n) is 4.01. The highest BCUT2D eigenvalue weighted by atomic mass is 19.4. The highest BCUT2D eigenvalue weighted by Gasteiger charge is 2.32. The largest absolute Gasteiger partial charge is 0.416 e. The maximum atomic E-state index is 13.0. The molecule has 2 aromatic carbocycles. The molecule has 8 heteroatoms. The topological polar surface area (TPSA) is 70.2 Å². The summed E-state index contributed by atoms with van der Waals surface area (Å²) in [6, 6.07) is 9.14. The van der Waals surface area contributed by atoms with Gasteiger partial charge in [-0.25, -0.2) is 4.79 Å². The number of nitrogens with one attached hydrogen (secondary N) is 3. The number of hydrogen-bond acceptors (Lipinski definition) is 2. The smallest absolute Gasteiger partial charge is 0.352 e. The van der Waals surface area contributed by atoms with Crippen LogP contribution in [0.1, 0.15) is 48.2 Å². The number of halogens is 3. The Bertz CT molecular complexity index is 847. The zero-order chi connectivity index (χ0) is 20.9. The molecule has 0 aliphatic carbocycles. The molecule has 0 bridgehead atoms. The van der Waals surface area contributed by atoms with Crippen LogP contribution in [0.5, 0.6) is 0 Å². The van der Waals surface area contributed by atoms with E-state index in [9.17, 15) is 22.8 Å². The molecule has 0 aliphatic heterocycles. The third-order valence-corrected chi connectivity index (χ3v) is 4.01. The van der Waals surface area contributed by atoms with Crippen molar-refractivity contribution in [1.82, 2.24) is 5.32 Å². The Morgan fingerprint density at radius 3 is 2.18 bits per heavy atom. The highest BCUT2D eigenvalue weighted by Crippen LogP contribution is 2.32. The van der Waals surface area contributed by atoms with E-state index in [0.717, 1.165) is 23.8 Å². The van der Waals surface area contributed by atoms with Gasteiger partial charge >= 0.3 is 12.2 Å². The molecule has 0 aromatic heterocycles. The number of urea groups is 1. The van der Waals surface area contributed by atoms with E-state index in [2.05, 4.69) is 16.0 Å². The fourth-order valence-corrected chi connectivity index (χ4v) is 2.51. The Balaban J connectivity index is 2.21. The SMILES string of the molecule is CCNC(=O)c1cc(C(F)(F)F)ccc1NC(=O)Nc1ccc(C(C)C)cc1. The third kappa shape index (κ3) is 5.48. The number of rotatable bonds is 5. The van der Waals surface area contributed by atoms with Gasteiger partial charge in [-0.3, -0.25) is 4.79 Å². The molecular weight excluding hydrogens is 371 g/mol. The second-order valence-electron chi connectivity index (χ2n) is 6.47. The molecule has 2 aromatic rings. The first-order valence-corrected chi connectivity index (χ1v) is 8.79. The van der Waals surface area contributed by atoms with Crippen molar-refractivity contribution in [2.45, 2.75) is 32.9 Å². The fourth-order valence-electron chi connectivity index (χ4n) is 2.51. The summed E-state index contributed by atoms with van der Waals surface area (Å²) >= 11 is 0. The molecule has 0 radical (unpaired) electrons. The van der Waals surface area contributed by atoms with Crippen LogP contribution in [0.2, 0.25) is 0 Å². The number of carbonyl (C=O) groups excluding carboxylic acids is 2. The van der Waals surface area contributed by atoms with Gasteiger partial charge in [0.2, 0.25) is 0 Å². The molecule has 0 fully saturated rings. The maximum Gasteiger partial charge on any atom is 0.416 e. The van der Waals surface area contributed by atoms with Gasteiger partial charge < -0.3 is 16.0 Å². The van der Waals surface area contributed by atoms with Crippen LogP contribution in [0.4, 0.5) is 29.3 Å². The van der Waals surface area contributed by atoms with Gasteiger partial charge in [0, 0.05) is 12.2 Å². The summed E-state index contributed by atoms with van der Waals surface area (Å²) in [7, 11) is 0. The number of benzene rings is 2. The van der Waals surface area contributed by atoms with Crippen molar-refractivity contribution in [1.29, 1.82) is 0 Å². The van der Waals surface area contributed by atoms with E-state index >= 15 is 0 Å². The Labute approximate surface area is 161 Å². The average molecular weight is 393 g/mol. The molecule has 0 spiro atoms. The summed E-state index contributed by atoms with van der Waals surface area (Å²) in [5.41, 5.74) is 0.377. The zero-order valence-corrected chi connectivity index (χ0v) is 15.8. The van der Waals surface area contributed by atoms with E-state index in [1.54, 1.807) is 19.1 Å². The van der Waals surface area contributed by atoms with E-state index < -0.39 is 23.7 Å². The van der Waals surface area contributed by atoms with Crippen LogP contribution < -0.4 is 16.0 Å². The lowest BCUT2D eigenvalue weighted by Gasteiger charge is -2.15. The molecule has 0 unspecified atom stereocenters. The molecule has 3 amide bonds. The van der Waals surface area contributed by atoms with Crippen molar-refractivity contribution in [2.75, 3.05) is 17.2 Å². The highest BCUT2D eigenvalue weighted by molar-refractivity contribution is 6.06. The minimum Gasteiger partial charge on any atom is -0.352 e. The van der Waals surface area contributed by atoms with Crippen LogP contribution >= 0.6 is 0 Å². The molecule has 28 heavy (non-hydrogen) atoms. The van der Waals surface area contributed by atoms with E-state index in [1.807, 2.05) is 26.0 Å². The minimum absolute atomic E-state index is 0.0183. The average Bonchev–Trinajstić information content (AvgIpc) is 2.61. The maximum absolute atomic E-state index is 13.0. The first-order valence-electron chi connectivity index (χ1n) is 8.79. The van der Waals surface area contributed by atoms with Gasteiger partial charge in [-0.15, -0.1) is 0 Å².